The molecule has 1 fully saturated rings. The summed E-state index contributed by atoms with van der Waals surface area (Å²) in [4.78, 5) is 12.8. The molecule has 3 rings (SSSR count). The Labute approximate surface area is 150 Å². The van der Waals surface area contributed by atoms with E-state index >= 15 is 0 Å². The molecular weight excluding hydrogens is 368 g/mol. The highest BCUT2D eigenvalue weighted by atomic mass is 35.5. The van der Waals surface area contributed by atoms with Crippen LogP contribution in [0, 0.1) is 0 Å². The van der Waals surface area contributed by atoms with Crippen molar-refractivity contribution in [3.05, 3.63) is 51.2 Å². The van der Waals surface area contributed by atoms with Gasteiger partial charge < -0.3 is 5.32 Å². The van der Waals surface area contributed by atoms with Crippen LogP contribution in [0.4, 0.5) is 0 Å². The average molecular weight is 385 g/mol. The number of nitrogens with one attached hydrogen (secondary N) is 1. The summed E-state index contributed by atoms with van der Waals surface area (Å²) in [7, 11) is -3.59. The van der Waals surface area contributed by atoms with Crippen molar-refractivity contribution < 1.29 is 13.2 Å². The number of hydrogen-bond acceptors (Lipinski definition) is 4. The highest BCUT2D eigenvalue weighted by Gasteiger charge is 2.31. The molecule has 2 aromatic rings. The van der Waals surface area contributed by atoms with Crippen molar-refractivity contribution >= 4 is 38.9 Å². The van der Waals surface area contributed by atoms with Crippen LogP contribution in [-0.2, 0) is 16.6 Å². The monoisotopic (exact) mass is 384 g/mol. The molecule has 1 amide bonds. The lowest BCUT2D eigenvalue weighted by molar-refractivity contribution is 0.0952. The number of sulfonamides is 1. The molecule has 0 radical (unpaired) electrons. The number of benzene rings is 1. The number of nitrogens with zero attached hydrogens (tertiary/aromatic N) is 1. The second kappa shape index (κ2) is 7.23. The minimum absolute atomic E-state index is 0.100. The Balaban J connectivity index is 1.74. The molecular formula is C16H17ClN2O3S2. The van der Waals surface area contributed by atoms with Gasteiger partial charge in [-0.05, 0) is 42.0 Å². The molecule has 2 heterocycles. The summed E-state index contributed by atoms with van der Waals surface area (Å²) in [6.07, 6.45) is 1.73. The van der Waals surface area contributed by atoms with Gasteiger partial charge in [0.1, 0.15) is 9.77 Å². The van der Waals surface area contributed by atoms with E-state index in [2.05, 4.69) is 5.32 Å². The number of hydrogen-bond donors (Lipinski definition) is 1. The molecule has 1 aromatic carbocycles. The van der Waals surface area contributed by atoms with Crippen molar-refractivity contribution in [1.29, 1.82) is 0 Å². The highest BCUT2D eigenvalue weighted by molar-refractivity contribution is 7.89. The van der Waals surface area contributed by atoms with Crippen LogP contribution in [0.15, 0.2) is 40.6 Å². The molecule has 24 heavy (non-hydrogen) atoms. The normalized spacial score (nSPS) is 15.5. The summed E-state index contributed by atoms with van der Waals surface area (Å²) in [6, 6.07) is 8.64. The number of rotatable bonds is 5. The molecule has 5 nitrogen and oxygen atoms in total. The maximum Gasteiger partial charge on any atom is 0.263 e. The van der Waals surface area contributed by atoms with Crippen LogP contribution in [0.2, 0.25) is 5.02 Å². The molecule has 0 atom stereocenters. The van der Waals surface area contributed by atoms with Gasteiger partial charge in [0.25, 0.3) is 5.91 Å². The van der Waals surface area contributed by atoms with Gasteiger partial charge in [-0.1, -0.05) is 23.7 Å². The molecule has 8 heteroatoms. The van der Waals surface area contributed by atoms with Crippen LogP contribution in [0.5, 0.6) is 0 Å². The Kier molecular flexibility index (Phi) is 5.24. The molecule has 1 saturated heterocycles. The van der Waals surface area contributed by atoms with Crippen LogP contribution < -0.4 is 5.32 Å². The number of halogens is 1. The topological polar surface area (TPSA) is 66.5 Å². The van der Waals surface area contributed by atoms with E-state index < -0.39 is 10.0 Å². The predicted molar refractivity (Wildman–Crippen MR) is 94.9 cm³/mol. The van der Waals surface area contributed by atoms with Gasteiger partial charge in [0.15, 0.2) is 0 Å². The van der Waals surface area contributed by atoms with E-state index in [4.69, 9.17) is 11.6 Å². The third kappa shape index (κ3) is 3.64. The Bertz CT molecular complexity index is 825. The summed E-state index contributed by atoms with van der Waals surface area (Å²) in [6.45, 7) is 1.35. The standard InChI is InChI=1S/C16H17ClN2O3S2/c17-13-5-3-12(4-6-13)11-18-16(20)15-14(7-10-23-15)24(21,22)19-8-1-2-9-19/h3-7,10H,1-2,8-9,11H2,(H,18,20). The lowest BCUT2D eigenvalue weighted by Crippen LogP contribution is -2.30. The van der Waals surface area contributed by atoms with E-state index in [1.165, 1.54) is 10.4 Å². The van der Waals surface area contributed by atoms with Crippen molar-refractivity contribution in [2.75, 3.05) is 13.1 Å². The van der Waals surface area contributed by atoms with E-state index in [1.807, 2.05) is 12.1 Å². The quantitative estimate of drug-likeness (QED) is 0.861. The fourth-order valence-corrected chi connectivity index (χ4v) is 5.56. The van der Waals surface area contributed by atoms with Crippen LogP contribution >= 0.6 is 22.9 Å². The highest BCUT2D eigenvalue weighted by Crippen LogP contribution is 2.27. The summed E-state index contributed by atoms with van der Waals surface area (Å²) >= 11 is 6.97. The second-order valence-corrected chi connectivity index (χ2v) is 8.79. The molecule has 128 valence electrons. The first-order valence-corrected chi connectivity index (χ1v) is 10.3. The van der Waals surface area contributed by atoms with E-state index in [9.17, 15) is 13.2 Å². The Morgan fingerprint density at radius 3 is 2.50 bits per heavy atom. The maximum atomic E-state index is 12.7. The first-order valence-electron chi connectivity index (χ1n) is 7.59. The Morgan fingerprint density at radius 1 is 1.17 bits per heavy atom. The first-order chi connectivity index (χ1) is 11.5. The third-order valence-corrected chi connectivity index (χ3v) is 7.12. The smallest absolute Gasteiger partial charge is 0.263 e. The van der Waals surface area contributed by atoms with Crippen LogP contribution in [0.1, 0.15) is 28.1 Å². The molecule has 1 aliphatic heterocycles. The second-order valence-electron chi connectivity index (χ2n) is 5.53. The van der Waals surface area contributed by atoms with Gasteiger partial charge in [0.2, 0.25) is 10.0 Å². The van der Waals surface area contributed by atoms with Crippen molar-refractivity contribution in [3.63, 3.8) is 0 Å². The minimum atomic E-state index is -3.59. The molecule has 0 bridgehead atoms. The van der Waals surface area contributed by atoms with E-state index in [1.54, 1.807) is 17.5 Å². The largest absolute Gasteiger partial charge is 0.347 e. The average Bonchev–Trinajstić information content (AvgIpc) is 3.25. The zero-order chi connectivity index (χ0) is 17.2. The SMILES string of the molecule is O=C(NCc1ccc(Cl)cc1)c1sccc1S(=O)(=O)N1CCCC1. The zero-order valence-corrected chi connectivity index (χ0v) is 15.3. The summed E-state index contributed by atoms with van der Waals surface area (Å²) in [5.74, 6) is -0.377. The van der Waals surface area contributed by atoms with E-state index in [0.29, 0.717) is 24.7 Å². The predicted octanol–water partition coefficient (Wildman–Crippen LogP) is 3.12. The number of carbonyl (C=O) groups excluding carboxylic acids is 1. The van der Waals surface area contributed by atoms with Crippen molar-refractivity contribution in [2.24, 2.45) is 0 Å². The van der Waals surface area contributed by atoms with Crippen molar-refractivity contribution in [1.82, 2.24) is 9.62 Å². The third-order valence-electron chi connectivity index (χ3n) is 3.88. The van der Waals surface area contributed by atoms with Gasteiger partial charge in [-0.15, -0.1) is 11.3 Å². The van der Waals surface area contributed by atoms with Gasteiger partial charge in [-0.25, -0.2) is 8.42 Å². The van der Waals surface area contributed by atoms with Crippen molar-refractivity contribution in [3.8, 4) is 0 Å². The Morgan fingerprint density at radius 2 is 1.83 bits per heavy atom. The summed E-state index contributed by atoms with van der Waals surface area (Å²) in [5.41, 5.74) is 0.897. The Hall–Kier alpha value is -1.41. The fourth-order valence-electron chi connectivity index (χ4n) is 2.60. The lowest BCUT2D eigenvalue weighted by atomic mass is 10.2. The number of amides is 1. The zero-order valence-electron chi connectivity index (χ0n) is 12.9. The lowest BCUT2D eigenvalue weighted by Gasteiger charge is -2.15. The molecule has 0 unspecified atom stereocenters. The summed E-state index contributed by atoms with van der Waals surface area (Å²) < 4.78 is 26.8. The molecule has 1 aliphatic rings. The van der Waals surface area contributed by atoms with E-state index in [-0.39, 0.29) is 15.7 Å². The van der Waals surface area contributed by atoms with Gasteiger partial charge in [-0.3, -0.25) is 4.79 Å². The molecule has 0 aliphatic carbocycles. The van der Waals surface area contributed by atoms with Gasteiger partial charge in [0.05, 0.1) is 0 Å². The maximum absolute atomic E-state index is 12.7. The van der Waals surface area contributed by atoms with Crippen LogP contribution in [0.25, 0.3) is 0 Å². The first kappa shape index (κ1) is 17.4. The van der Waals surface area contributed by atoms with Crippen LogP contribution in [0.3, 0.4) is 0 Å². The van der Waals surface area contributed by atoms with Gasteiger partial charge in [-0.2, -0.15) is 4.31 Å². The molecule has 0 saturated carbocycles. The molecule has 0 spiro atoms. The minimum Gasteiger partial charge on any atom is -0.347 e. The van der Waals surface area contributed by atoms with E-state index in [0.717, 1.165) is 29.7 Å². The number of carbonyl (C=O) groups is 1. The molecule has 1 aromatic heterocycles. The number of thiophene rings is 1. The van der Waals surface area contributed by atoms with Gasteiger partial charge >= 0.3 is 0 Å². The summed E-state index contributed by atoms with van der Waals surface area (Å²) in [5, 5.41) is 5.04. The fraction of sp³-hybridized carbons (Fsp3) is 0.312. The molecule has 1 N–H and O–H groups in total. The van der Waals surface area contributed by atoms with Crippen LogP contribution in [-0.4, -0.2) is 31.7 Å². The van der Waals surface area contributed by atoms with Crippen molar-refractivity contribution in [2.45, 2.75) is 24.3 Å². The van der Waals surface area contributed by atoms with Gasteiger partial charge in [0, 0.05) is 24.7 Å².